The molecule has 1 rings (SSSR count). The first-order valence-electron chi connectivity index (χ1n) is 5.39. The molecule has 4 heteroatoms. The van der Waals surface area contributed by atoms with Crippen molar-refractivity contribution in [1.29, 1.82) is 0 Å². The fourth-order valence-electron chi connectivity index (χ4n) is 1.25. The van der Waals surface area contributed by atoms with Crippen molar-refractivity contribution < 1.29 is 9.47 Å². The van der Waals surface area contributed by atoms with Crippen LogP contribution in [0.25, 0.3) is 0 Å². The van der Waals surface area contributed by atoms with Crippen LogP contribution in [0.5, 0.6) is 0 Å². The molecule has 1 aromatic carbocycles. The highest BCUT2D eigenvalue weighted by Gasteiger charge is 1.93. The van der Waals surface area contributed by atoms with E-state index in [2.05, 4.69) is 5.32 Å². The molecular weight excluding hydrogens is 226 g/mol. The average molecular weight is 244 g/mol. The van der Waals surface area contributed by atoms with Crippen molar-refractivity contribution in [2.24, 2.45) is 0 Å². The van der Waals surface area contributed by atoms with Gasteiger partial charge in [-0.3, -0.25) is 0 Å². The van der Waals surface area contributed by atoms with Crippen LogP contribution in [0.1, 0.15) is 6.42 Å². The summed E-state index contributed by atoms with van der Waals surface area (Å²) in [5, 5.41) is 4.03. The minimum Gasteiger partial charge on any atom is -0.385 e. The molecule has 0 saturated carbocycles. The molecule has 16 heavy (non-hydrogen) atoms. The van der Waals surface area contributed by atoms with Gasteiger partial charge in [-0.2, -0.15) is 0 Å². The molecule has 0 saturated heterocycles. The molecular formula is C12H18ClNO2. The maximum atomic E-state index is 5.86. The Morgan fingerprint density at radius 1 is 1.25 bits per heavy atom. The van der Waals surface area contributed by atoms with E-state index in [1.807, 2.05) is 24.3 Å². The number of rotatable bonds is 8. The second-order valence-electron chi connectivity index (χ2n) is 3.40. The van der Waals surface area contributed by atoms with Crippen molar-refractivity contribution in [3.05, 3.63) is 29.3 Å². The summed E-state index contributed by atoms with van der Waals surface area (Å²) in [7, 11) is 1.67. The van der Waals surface area contributed by atoms with Gasteiger partial charge in [-0.25, -0.2) is 0 Å². The standard InChI is InChI=1S/C12H18ClNO2/c1-15-8-9-16-7-3-6-14-12-5-2-4-11(13)10-12/h2,4-5,10,14H,3,6-9H2,1H3. The summed E-state index contributed by atoms with van der Waals surface area (Å²) in [4.78, 5) is 0. The van der Waals surface area contributed by atoms with Crippen molar-refractivity contribution in [3.8, 4) is 0 Å². The maximum absolute atomic E-state index is 5.86. The van der Waals surface area contributed by atoms with Crippen LogP contribution in [-0.4, -0.2) is 33.5 Å². The lowest BCUT2D eigenvalue weighted by atomic mass is 10.3. The largest absolute Gasteiger partial charge is 0.385 e. The van der Waals surface area contributed by atoms with Crippen LogP contribution in [0.3, 0.4) is 0 Å². The number of ether oxygens (including phenoxy) is 2. The molecule has 0 aliphatic carbocycles. The third kappa shape index (κ3) is 5.95. The minimum atomic E-state index is 0.654. The predicted molar refractivity (Wildman–Crippen MR) is 67.3 cm³/mol. The molecule has 0 aliphatic rings. The molecule has 0 spiro atoms. The van der Waals surface area contributed by atoms with Crippen LogP contribution >= 0.6 is 11.6 Å². The van der Waals surface area contributed by atoms with Gasteiger partial charge in [0.05, 0.1) is 13.2 Å². The summed E-state index contributed by atoms with van der Waals surface area (Å²) in [5.74, 6) is 0. The molecule has 0 aromatic heterocycles. The van der Waals surface area contributed by atoms with E-state index in [1.165, 1.54) is 0 Å². The molecule has 0 amide bonds. The molecule has 0 aliphatic heterocycles. The molecule has 0 atom stereocenters. The molecule has 1 aromatic rings. The molecule has 0 radical (unpaired) electrons. The number of nitrogens with one attached hydrogen (secondary N) is 1. The molecule has 1 N–H and O–H groups in total. The number of benzene rings is 1. The Kier molecular flexibility index (Phi) is 6.97. The summed E-state index contributed by atoms with van der Waals surface area (Å²) in [6.45, 7) is 2.94. The van der Waals surface area contributed by atoms with Crippen LogP contribution in [0.2, 0.25) is 5.02 Å². The molecule has 0 heterocycles. The van der Waals surface area contributed by atoms with E-state index in [4.69, 9.17) is 21.1 Å². The van der Waals surface area contributed by atoms with E-state index in [-0.39, 0.29) is 0 Å². The van der Waals surface area contributed by atoms with Gasteiger partial charge >= 0.3 is 0 Å². The zero-order valence-electron chi connectivity index (χ0n) is 9.54. The first kappa shape index (κ1) is 13.3. The van der Waals surface area contributed by atoms with E-state index < -0.39 is 0 Å². The van der Waals surface area contributed by atoms with E-state index >= 15 is 0 Å². The van der Waals surface area contributed by atoms with Crippen LogP contribution < -0.4 is 5.32 Å². The van der Waals surface area contributed by atoms with E-state index in [1.54, 1.807) is 7.11 Å². The molecule has 0 unspecified atom stereocenters. The average Bonchev–Trinajstić information content (AvgIpc) is 2.28. The monoisotopic (exact) mass is 243 g/mol. The summed E-state index contributed by atoms with van der Waals surface area (Å²) in [5.41, 5.74) is 1.05. The van der Waals surface area contributed by atoms with Gasteiger partial charge < -0.3 is 14.8 Å². The zero-order chi connectivity index (χ0) is 11.6. The number of anilines is 1. The van der Waals surface area contributed by atoms with E-state index in [9.17, 15) is 0 Å². The number of halogens is 1. The van der Waals surface area contributed by atoms with Gasteiger partial charge in [0, 0.05) is 31.0 Å². The van der Waals surface area contributed by atoms with Gasteiger partial charge in [0.2, 0.25) is 0 Å². The predicted octanol–water partition coefficient (Wildman–Crippen LogP) is 2.81. The van der Waals surface area contributed by atoms with Crippen LogP contribution in [0.15, 0.2) is 24.3 Å². The Morgan fingerprint density at radius 2 is 2.12 bits per heavy atom. The number of hydrogen-bond donors (Lipinski definition) is 1. The van der Waals surface area contributed by atoms with Gasteiger partial charge in [0.15, 0.2) is 0 Å². The van der Waals surface area contributed by atoms with Gasteiger partial charge in [-0.1, -0.05) is 17.7 Å². The minimum absolute atomic E-state index is 0.654. The topological polar surface area (TPSA) is 30.5 Å². The van der Waals surface area contributed by atoms with E-state index in [0.717, 1.165) is 30.3 Å². The second kappa shape index (κ2) is 8.39. The Bertz CT molecular complexity index is 294. The highest BCUT2D eigenvalue weighted by atomic mass is 35.5. The van der Waals surface area contributed by atoms with Gasteiger partial charge in [0.1, 0.15) is 0 Å². The highest BCUT2D eigenvalue weighted by molar-refractivity contribution is 6.30. The quantitative estimate of drug-likeness (QED) is 0.713. The number of methoxy groups -OCH3 is 1. The zero-order valence-corrected chi connectivity index (χ0v) is 10.3. The van der Waals surface area contributed by atoms with Crippen molar-refractivity contribution in [2.75, 3.05) is 38.8 Å². The van der Waals surface area contributed by atoms with Gasteiger partial charge in [-0.15, -0.1) is 0 Å². The van der Waals surface area contributed by atoms with Crippen molar-refractivity contribution >= 4 is 17.3 Å². The molecule has 3 nitrogen and oxygen atoms in total. The Hall–Kier alpha value is -0.770. The third-order valence-electron chi connectivity index (χ3n) is 2.05. The lowest BCUT2D eigenvalue weighted by Crippen LogP contribution is -2.08. The van der Waals surface area contributed by atoms with Crippen molar-refractivity contribution in [1.82, 2.24) is 0 Å². The molecule has 0 bridgehead atoms. The third-order valence-corrected chi connectivity index (χ3v) is 2.29. The Morgan fingerprint density at radius 3 is 2.88 bits per heavy atom. The number of hydrogen-bond acceptors (Lipinski definition) is 3. The normalized spacial score (nSPS) is 10.4. The fraction of sp³-hybridized carbons (Fsp3) is 0.500. The lowest BCUT2D eigenvalue weighted by molar-refractivity contribution is 0.0705. The summed E-state index contributed by atoms with van der Waals surface area (Å²) >= 11 is 5.86. The van der Waals surface area contributed by atoms with Gasteiger partial charge in [-0.05, 0) is 24.6 Å². The highest BCUT2D eigenvalue weighted by Crippen LogP contribution is 2.14. The molecule has 0 fully saturated rings. The van der Waals surface area contributed by atoms with Crippen molar-refractivity contribution in [3.63, 3.8) is 0 Å². The Balaban J connectivity index is 2.03. The van der Waals surface area contributed by atoms with Crippen LogP contribution in [-0.2, 0) is 9.47 Å². The van der Waals surface area contributed by atoms with Gasteiger partial charge in [0.25, 0.3) is 0 Å². The van der Waals surface area contributed by atoms with Crippen molar-refractivity contribution in [2.45, 2.75) is 6.42 Å². The van der Waals surface area contributed by atoms with Crippen LogP contribution in [0, 0.1) is 0 Å². The fourth-order valence-corrected chi connectivity index (χ4v) is 1.44. The first-order valence-corrected chi connectivity index (χ1v) is 5.77. The van der Waals surface area contributed by atoms with E-state index in [0.29, 0.717) is 13.2 Å². The summed E-state index contributed by atoms with van der Waals surface area (Å²) < 4.78 is 10.2. The molecule has 90 valence electrons. The Labute approximate surface area is 102 Å². The smallest absolute Gasteiger partial charge is 0.0700 e. The summed E-state index contributed by atoms with van der Waals surface area (Å²) in [6, 6.07) is 7.70. The maximum Gasteiger partial charge on any atom is 0.0700 e. The lowest BCUT2D eigenvalue weighted by Gasteiger charge is -2.07. The summed E-state index contributed by atoms with van der Waals surface area (Å²) in [6.07, 6.45) is 0.968. The van der Waals surface area contributed by atoms with Crippen LogP contribution in [0.4, 0.5) is 5.69 Å². The first-order chi connectivity index (χ1) is 7.83. The SMILES string of the molecule is COCCOCCCNc1cccc(Cl)c1. The second-order valence-corrected chi connectivity index (χ2v) is 3.83.